The molecular weight excluding hydrogens is 213 g/mol. The van der Waals surface area contributed by atoms with Gasteiger partial charge in [0.05, 0.1) is 19.8 Å². The molecule has 0 saturated heterocycles. The Balaban J connectivity index is 3.34. The maximum Gasteiger partial charge on any atom is 0.130 e. The van der Waals surface area contributed by atoms with Gasteiger partial charge in [-0.2, -0.15) is 0 Å². The molecule has 0 heterocycles. The summed E-state index contributed by atoms with van der Waals surface area (Å²) in [6.07, 6.45) is 0. The lowest BCUT2D eigenvalue weighted by Gasteiger charge is -2.14. The zero-order valence-electron chi connectivity index (χ0n) is 9.01. The van der Waals surface area contributed by atoms with Crippen molar-refractivity contribution in [3.05, 3.63) is 39.5 Å². The van der Waals surface area contributed by atoms with Crippen molar-refractivity contribution in [2.75, 3.05) is 13.7 Å². The van der Waals surface area contributed by atoms with Crippen LogP contribution in [-0.2, 0) is 0 Å². The van der Waals surface area contributed by atoms with Gasteiger partial charge in [-0.1, -0.05) is 5.11 Å². The molecule has 6 heteroatoms. The summed E-state index contributed by atoms with van der Waals surface area (Å²) in [6.45, 7) is 1.25. The summed E-state index contributed by atoms with van der Waals surface area (Å²) in [5.74, 6) is -0.285. The lowest BCUT2D eigenvalue weighted by Crippen LogP contribution is -2.06. The molecule has 86 valence electrons. The van der Waals surface area contributed by atoms with E-state index in [9.17, 15) is 4.39 Å². The number of aliphatic hydroxyl groups excluding tert-OH is 1. The molecule has 0 bridgehead atoms. The Morgan fingerprint density at radius 2 is 2.31 bits per heavy atom. The standard InChI is InChI=1S/C10H12FN3O2/c1-6-3-7(11)10(9(4-6)16-2)8(5-15)13-14-12/h3-4,8,15H,5H2,1-2H3. The van der Waals surface area contributed by atoms with Crippen LogP contribution in [0.2, 0.25) is 0 Å². The van der Waals surface area contributed by atoms with Gasteiger partial charge in [-0.3, -0.25) is 0 Å². The van der Waals surface area contributed by atoms with Crippen molar-refractivity contribution < 1.29 is 14.2 Å². The van der Waals surface area contributed by atoms with Crippen molar-refractivity contribution >= 4 is 0 Å². The first-order chi connectivity index (χ1) is 7.63. The minimum Gasteiger partial charge on any atom is -0.496 e. The second-order valence-corrected chi connectivity index (χ2v) is 3.27. The highest BCUT2D eigenvalue weighted by molar-refractivity contribution is 5.40. The number of hydrogen-bond donors (Lipinski definition) is 1. The third kappa shape index (κ3) is 2.42. The number of azide groups is 1. The summed E-state index contributed by atoms with van der Waals surface area (Å²) in [5.41, 5.74) is 9.09. The van der Waals surface area contributed by atoms with Crippen LogP contribution in [0.3, 0.4) is 0 Å². The van der Waals surface area contributed by atoms with E-state index in [1.54, 1.807) is 13.0 Å². The van der Waals surface area contributed by atoms with Crippen molar-refractivity contribution in [1.82, 2.24) is 0 Å². The number of methoxy groups -OCH3 is 1. The molecule has 1 rings (SSSR count). The zero-order chi connectivity index (χ0) is 12.1. The summed E-state index contributed by atoms with van der Waals surface area (Å²) >= 11 is 0. The molecular formula is C10H12FN3O2. The van der Waals surface area contributed by atoms with E-state index in [1.807, 2.05) is 0 Å². The number of aliphatic hydroxyl groups is 1. The van der Waals surface area contributed by atoms with Crippen LogP contribution in [0.1, 0.15) is 17.2 Å². The van der Waals surface area contributed by atoms with Crippen LogP contribution in [0, 0.1) is 12.7 Å². The van der Waals surface area contributed by atoms with E-state index in [0.29, 0.717) is 5.56 Å². The highest BCUT2D eigenvalue weighted by atomic mass is 19.1. The second kappa shape index (κ2) is 5.34. The van der Waals surface area contributed by atoms with Crippen LogP contribution in [0.4, 0.5) is 4.39 Å². The normalized spacial score (nSPS) is 11.8. The van der Waals surface area contributed by atoms with Crippen LogP contribution in [0.5, 0.6) is 5.75 Å². The fourth-order valence-corrected chi connectivity index (χ4v) is 1.46. The molecule has 5 nitrogen and oxygen atoms in total. The van der Waals surface area contributed by atoms with Gasteiger partial charge >= 0.3 is 0 Å². The topological polar surface area (TPSA) is 78.2 Å². The monoisotopic (exact) mass is 225 g/mol. The summed E-state index contributed by atoms with van der Waals surface area (Å²) < 4.78 is 18.7. The van der Waals surface area contributed by atoms with Gasteiger partial charge in [0.1, 0.15) is 11.6 Å². The van der Waals surface area contributed by atoms with Gasteiger partial charge in [-0.15, -0.1) is 0 Å². The van der Waals surface area contributed by atoms with Crippen LogP contribution in [0.15, 0.2) is 17.2 Å². The lowest BCUT2D eigenvalue weighted by molar-refractivity contribution is 0.261. The van der Waals surface area contributed by atoms with E-state index >= 15 is 0 Å². The number of nitrogens with zero attached hydrogens (tertiary/aromatic N) is 3. The van der Waals surface area contributed by atoms with E-state index < -0.39 is 18.5 Å². The quantitative estimate of drug-likeness (QED) is 0.485. The van der Waals surface area contributed by atoms with Gasteiger partial charge in [-0.25, -0.2) is 4.39 Å². The first-order valence-corrected chi connectivity index (χ1v) is 4.63. The summed E-state index contributed by atoms with van der Waals surface area (Å²) in [4.78, 5) is 2.56. The van der Waals surface area contributed by atoms with Crippen LogP contribution < -0.4 is 4.74 Å². The minimum atomic E-state index is -0.972. The van der Waals surface area contributed by atoms with Crippen LogP contribution in [0.25, 0.3) is 10.4 Å². The molecule has 0 aromatic heterocycles. The van der Waals surface area contributed by atoms with E-state index in [4.69, 9.17) is 15.4 Å². The molecule has 1 aromatic rings. The minimum absolute atomic E-state index is 0.0772. The molecule has 1 unspecified atom stereocenters. The maximum absolute atomic E-state index is 13.7. The third-order valence-electron chi connectivity index (χ3n) is 2.15. The molecule has 0 amide bonds. The summed E-state index contributed by atoms with van der Waals surface area (Å²) in [5, 5.41) is 12.4. The largest absolute Gasteiger partial charge is 0.496 e. The molecule has 0 aliphatic carbocycles. The highest BCUT2D eigenvalue weighted by Gasteiger charge is 2.19. The van der Waals surface area contributed by atoms with E-state index in [1.165, 1.54) is 13.2 Å². The fraction of sp³-hybridized carbons (Fsp3) is 0.400. The predicted octanol–water partition coefficient (Wildman–Crippen LogP) is 2.49. The molecule has 0 radical (unpaired) electrons. The summed E-state index contributed by atoms with van der Waals surface area (Å²) in [6, 6.07) is 1.95. The SMILES string of the molecule is COc1cc(C)cc(F)c1C(CO)N=[N+]=[N-]. The Bertz CT molecular complexity index is 430. The molecule has 1 atom stereocenters. The first kappa shape index (κ1) is 12.3. The van der Waals surface area contributed by atoms with Gasteiger partial charge < -0.3 is 9.84 Å². The maximum atomic E-state index is 13.7. The number of aryl methyl sites for hydroxylation is 1. The van der Waals surface area contributed by atoms with E-state index in [-0.39, 0.29) is 11.3 Å². The number of ether oxygens (including phenoxy) is 1. The molecule has 0 fully saturated rings. The van der Waals surface area contributed by atoms with E-state index in [2.05, 4.69) is 10.0 Å². The van der Waals surface area contributed by atoms with Gasteiger partial charge in [0, 0.05) is 10.5 Å². The Hall–Kier alpha value is -1.78. The number of halogens is 1. The van der Waals surface area contributed by atoms with Gasteiger partial charge in [0.25, 0.3) is 0 Å². The third-order valence-corrected chi connectivity index (χ3v) is 2.15. The zero-order valence-corrected chi connectivity index (χ0v) is 9.01. The van der Waals surface area contributed by atoms with Crippen molar-refractivity contribution in [1.29, 1.82) is 0 Å². The molecule has 1 N–H and O–H groups in total. The predicted molar refractivity (Wildman–Crippen MR) is 56.7 cm³/mol. The second-order valence-electron chi connectivity index (χ2n) is 3.27. The molecule has 0 spiro atoms. The molecule has 0 aliphatic heterocycles. The van der Waals surface area contributed by atoms with Crippen molar-refractivity contribution in [3.63, 3.8) is 0 Å². The van der Waals surface area contributed by atoms with Crippen LogP contribution in [-0.4, -0.2) is 18.8 Å². The van der Waals surface area contributed by atoms with Crippen molar-refractivity contribution in [2.45, 2.75) is 13.0 Å². The number of rotatable bonds is 4. The van der Waals surface area contributed by atoms with Crippen molar-refractivity contribution in [3.8, 4) is 5.75 Å². The van der Waals surface area contributed by atoms with E-state index in [0.717, 1.165) is 0 Å². The van der Waals surface area contributed by atoms with Gasteiger partial charge in [0.15, 0.2) is 0 Å². The number of hydrogen-bond acceptors (Lipinski definition) is 3. The Labute approximate surface area is 92.1 Å². The van der Waals surface area contributed by atoms with Crippen LogP contribution >= 0.6 is 0 Å². The average Bonchev–Trinajstić information content (AvgIpc) is 2.25. The molecule has 1 aromatic carbocycles. The highest BCUT2D eigenvalue weighted by Crippen LogP contribution is 2.31. The van der Waals surface area contributed by atoms with Gasteiger partial charge in [0.2, 0.25) is 0 Å². The molecule has 0 saturated carbocycles. The van der Waals surface area contributed by atoms with Gasteiger partial charge in [-0.05, 0) is 30.2 Å². The fourth-order valence-electron chi connectivity index (χ4n) is 1.46. The summed E-state index contributed by atoms with van der Waals surface area (Å²) in [7, 11) is 1.39. The number of benzene rings is 1. The Morgan fingerprint density at radius 3 is 2.81 bits per heavy atom. The molecule has 16 heavy (non-hydrogen) atoms. The lowest BCUT2D eigenvalue weighted by atomic mass is 10.0. The van der Waals surface area contributed by atoms with Crippen molar-refractivity contribution in [2.24, 2.45) is 5.11 Å². The Kier molecular flexibility index (Phi) is 4.10. The molecule has 0 aliphatic rings. The Morgan fingerprint density at radius 1 is 1.62 bits per heavy atom. The smallest absolute Gasteiger partial charge is 0.130 e. The average molecular weight is 225 g/mol. The first-order valence-electron chi connectivity index (χ1n) is 4.63.